The van der Waals surface area contributed by atoms with Gasteiger partial charge in [0, 0.05) is 29.8 Å². The van der Waals surface area contributed by atoms with Crippen LogP contribution in [0.4, 0.5) is 5.69 Å². The third-order valence-electron chi connectivity index (χ3n) is 5.28. The SMILES string of the molecule is C=C(CCOC(/N=C(C)/C(=C/C=C\C)C(/O)=C/CC)=C1\OCCN\C1=C/CC)c1ccccc1N. The Morgan fingerprint density at radius 1 is 1.29 bits per heavy atom. The van der Waals surface area contributed by atoms with Gasteiger partial charge in [-0.15, -0.1) is 0 Å². The number of aliphatic imine (C=N–C) groups is 1. The van der Waals surface area contributed by atoms with Gasteiger partial charge in [-0.2, -0.15) is 0 Å². The maximum Gasteiger partial charge on any atom is 0.259 e. The maximum atomic E-state index is 10.6. The van der Waals surface area contributed by atoms with Crippen molar-refractivity contribution in [2.75, 3.05) is 25.5 Å². The second kappa shape index (κ2) is 14.6. The predicted octanol–water partition coefficient (Wildman–Crippen LogP) is 6.59. The van der Waals surface area contributed by atoms with Crippen LogP contribution in [0.25, 0.3) is 5.57 Å². The number of rotatable bonds is 11. The van der Waals surface area contributed by atoms with Gasteiger partial charge in [0.15, 0.2) is 0 Å². The Bertz CT molecular complexity index is 1060. The van der Waals surface area contributed by atoms with Gasteiger partial charge in [0.1, 0.15) is 12.4 Å². The van der Waals surface area contributed by atoms with Gasteiger partial charge < -0.3 is 25.6 Å². The highest BCUT2D eigenvalue weighted by Crippen LogP contribution is 2.25. The zero-order valence-corrected chi connectivity index (χ0v) is 21.4. The lowest BCUT2D eigenvalue weighted by Gasteiger charge is -2.23. The molecule has 0 aromatic heterocycles. The Balaban J connectivity index is 2.41. The van der Waals surface area contributed by atoms with E-state index >= 15 is 0 Å². The largest absolute Gasteiger partial charge is 0.508 e. The van der Waals surface area contributed by atoms with Crippen molar-refractivity contribution in [3.8, 4) is 0 Å². The molecule has 6 nitrogen and oxygen atoms in total. The van der Waals surface area contributed by atoms with Crippen molar-refractivity contribution in [3.05, 3.63) is 95.5 Å². The van der Waals surface area contributed by atoms with Crippen LogP contribution in [-0.4, -0.2) is 30.6 Å². The van der Waals surface area contributed by atoms with Crippen molar-refractivity contribution < 1.29 is 14.6 Å². The van der Waals surface area contributed by atoms with Gasteiger partial charge in [-0.05, 0) is 50.5 Å². The highest BCUT2D eigenvalue weighted by atomic mass is 16.5. The second-order valence-corrected chi connectivity index (χ2v) is 8.03. The van der Waals surface area contributed by atoms with E-state index in [4.69, 9.17) is 20.2 Å². The first-order chi connectivity index (χ1) is 16.9. The minimum atomic E-state index is 0.177. The molecule has 0 unspecified atom stereocenters. The highest BCUT2D eigenvalue weighted by Gasteiger charge is 2.20. The summed E-state index contributed by atoms with van der Waals surface area (Å²) in [6.45, 7) is 13.6. The fourth-order valence-corrected chi connectivity index (χ4v) is 3.52. The van der Waals surface area contributed by atoms with Crippen LogP contribution in [-0.2, 0) is 9.47 Å². The summed E-state index contributed by atoms with van der Waals surface area (Å²) in [7, 11) is 0. The van der Waals surface area contributed by atoms with E-state index < -0.39 is 0 Å². The molecule has 1 fully saturated rings. The van der Waals surface area contributed by atoms with Gasteiger partial charge >= 0.3 is 0 Å². The van der Waals surface area contributed by atoms with E-state index in [0.717, 1.165) is 23.3 Å². The number of morpholine rings is 1. The quantitative estimate of drug-likeness (QED) is 0.145. The van der Waals surface area contributed by atoms with Crippen molar-refractivity contribution in [2.45, 2.75) is 47.0 Å². The third kappa shape index (κ3) is 8.25. The van der Waals surface area contributed by atoms with E-state index in [1.807, 2.05) is 63.3 Å². The number of hydrogen-bond donors (Lipinski definition) is 3. The maximum absolute atomic E-state index is 10.6. The molecular formula is C29H39N3O3. The molecule has 0 saturated carbocycles. The molecule has 1 aliphatic rings. The third-order valence-corrected chi connectivity index (χ3v) is 5.28. The Morgan fingerprint density at radius 3 is 2.74 bits per heavy atom. The number of aliphatic hydroxyl groups excluding tert-OH is 1. The number of aliphatic hydroxyl groups is 1. The molecule has 0 amide bonds. The van der Waals surface area contributed by atoms with Crippen molar-refractivity contribution in [1.29, 1.82) is 0 Å². The van der Waals surface area contributed by atoms with E-state index in [2.05, 4.69) is 24.9 Å². The summed E-state index contributed by atoms with van der Waals surface area (Å²) in [6.07, 6.45) is 11.5. The fourth-order valence-electron chi connectivity index (χ4n) is 3.52. The summed E-state index contributed by atoms with van der Waals surface area (Å²) in [5.74, 6) is 1.10. The van der Waals surface area contributed by atoms with Gasteiger partial charge in [-0.3, -0.25) is 0 Å². The van der Waals surface area contributed by atoms with E-state index in [1.54, 1.807) is 6.08 Å². The fraction of sp³-hybridized carbons (Fsp3) is 0.345. The molecule has 1 heterocycles. The second-order valence-electron chi connectivity index (χ2n) is 8.03. The molecule has 2 rings (SSSR count). The number of ether oxygens (including phenoxy) is 2. The minimum absolute atomic E-state index is 0.177. The average Bonchev–Trinajstić information content (AvgIpc) is 2.84. The molecule has 1 aromatic carbocycles. The van der Waals surface area contributed by atoms with Crippen LogP contribution in [0.15, 0.2) is 94.9 Å². The summed E-state index contributed by atoms with van der Waals surface area (Å²) < 4.78 is 12.2. The molecule has 1 aliphatic heterocycles. The number of nitrogens with zero attached hydrogens (tertiary/aromatic N) is 1. The molecule has 0 atom stereocenters. The lowest BCUT2D eigenvalue weighted by Crippen LogP contribution is -2.28. The highest BCUT2D eigenvalue weighted by molar-refractivity contribution is 6.02. The standard InChI is InChI=1S/C29H39N3O3/c1-6-9-14-24(27(33)13-8-3)22(5)32-29(28-26(12-7-2)31-18-20-34-28)35-19-17-21(4)23-15-10-11-16-25(23)30/h6,9-16,31,33H,4,7-8,17-20,30H2,1-3,5H3/b9-6-,24-14-,26-12-,27-13-,29-28-,32-22+. The molecule has 0 spiro atoms. The molecule has 1 saturated heterocycles. The number of para-hydroxylation sites is 1. The average molecular weight is 478 g/mol. The van der Waals surface area contributed by atoms with Gasteiger partial charge in [-0.25, -0.2) is 4.99 Å². The van der Waals surface area contributed by atoms with Crippen LogP contribution >= 0.6 is 0 Å². The Kier molecular flexibility index (Phi) is 11.5. The molecule has 6 heteroatoms. The molecule has 0 radical (unpaired) electrons. The van der Waals surface area contributed by atoms with Crippen LogP contribution in [0.5, 0.6) is 0 Å². The number of nitrogens with two attached hydrogens (primary N) is 1. The topological polar surface area (TPSA) is 89.1 Å². The molecule has 35 heavy (non-hydrogen) atoms. The van der Waals surface area contributed by atoms with Crippen molar-refractivity contribution in [3.63, 3.8) is 0 Å². The van der Waals surface area contributed by atoms with Gasteiger partial charge in [0.05, 0.1) is 18.0 Å². The summed E-state index contributed by atoms with van der Waals surface area (Å²) in [5.41, 5.74) is 10.7. The molecule has 0 aliphatic carbocycles. The lowest BCUT2D eigenvalue weighted by molar-refractivity contribution is 0.146. The van der Waals surface area contributed by atoms with E-state index in [1.165, 1.54) is 0 Å². The van der Waals surface area contributed by atoms with Gasteiger partial charge in [0.2, 0.25) is 5.76 Å². The van der Waals surface area contributed by atoms with E-state index in [0.29, 0.717) is 61.2 Å². The number of nitrogen functional groups attached to an aromatic ring is 1. The predicted molar refractivity (Wildman–Crippen MR) is 147 cm³/mol. The van der Waals surface area contributed by atoms with Crippen LogP contribution in [0.1, 0.15) is 52.5 Å². The number of benzene rings is 1. The van der Waals surface area contributed by atoms with Crippen molar-refractivity contribution >= 4 is 17.0 Å². The van der Waals surface area contributed by atoms with E-state index in [9.17, 15) is 5.11 Å². The monoisotopic (exact) mass is 477 g/mol. The number of anilines is 1. The van der Waals surface area contributed by atoms with Crippen LogP contribution in [0.2, 0.25) is 0 Å². The Labute approximate surface area is 209 Å². The summed E-state index contributed by atoms with van der Waals surface area (Å²) in [6, 6.07) is 7.66. The van der Waals surface area contributed by atoms with Crippen molar-refractivity contribution in [1.82, 2.24) is 5.32 Å². The normalized spacial score (nSPS) is 17.8. The Hall–Kier alpha value is -3.67. The molecule has 188 valence electrons. The van der Waals surface area contributed by atoms with Crippen LogP contribution in [0.3, 0.4) is 0 Å². The van der Waals surface area contributed by atoms with Crippen LogP contribution < -0.4 is 11.1 Å². The first kappa shape index (κ1) is 27.6. The first-order valence-corrected chi connectivity index (χ1v) is 12.2. The van der Waals surface area contributed by atoms with Gasteiger partial charge in [0.25, 0.3) is 5.88 Å². The lowest BCUT2D eigenvalue weighted by atomic mass is 10.0. The zero-order valence-electron chi connectivity index (χ0n) is 21.4. The minimum Gasteiger partial charge on any atom is -0.508 e. The number of allylic oxidation sites excluding steroid dienone is 6. The summed E-state index contributed by atoms with van der Waals surface area (Å²) in [5, 5.41) is 14.0. The summed E-state index contributed by atoms with van der Waals surface area (Å²) in [4.78, 5) is 4.79. The zero-order chi connectivity index (χ0) is 25.6. The number of hydrogen-bond acceptors (Lipinski definition) is 6. The first-order valence-electron chi connectivity index (χ1n) is 12.2. The molecular weight excluding hydrogens is 438 g/mol. The number of nitrogens with one attached hydrogen (secondary N) is 1. The van der Waals surface area contributed by atoms with Gasteiger partial charge in [-0.1, -0.05) is 56.9 Å². The summed E-state index contributed by atoms with van der Waals surface area (Å²) >= 11 is 0. The van der Waals surface area contributed by atoms with Crippen LogP contribution in [0, 0.1) is 0 Å². The Morgan fingerprint density at radius 2 is 2.06 bits per heavy atom. The molecule has 4 N–H and O–H groups in total. The van der Waals surface area contributed by atoms with E-state index in [-0.39, 0.29) is 5.76 Å². The van der Waals surface area contributed by atoms with Crippen molar-refractivity contribution in [2.24, 2.45) is 4.99 Å². The smallest absolute Gasteiger partial charge is 0.259 e. The molecule has 0 bridgehead atoms. The molecule has 1 aromatic rings.